The van der Waals surface area contributed by atoms with Crippen LogP contribution in [-0.2, 0) is 18.4 Å². The number of aromatic nitrogens is 3. The highest BCUT2D eigenvalue weighted by Crippen LogP contribution is 2.04. The predicted molar refractivity (Wildman–Crippen MR) is 84.5 cm³/mol. The van der Waals surface area contributed by atoms with Crippen LogP contribution in [0, 0.1) is 0 Å². The summed E-state index contributed by atoms with van der Waals surface area (Å²) in [4.78, 5) is 33.1. The first kappa shape index (κ1) is 14.4. The van der Waals surface area contributed by atoms with E-state index in [2.05, 4.69) is 9.98 Å². The van der Waals surface area contributed by atoms with Crippen molar-refractivity contribution in [3.8, 4) is 0 Å². The summed E-state index contributed by atoms with van der Waals surface area (Å²) in [5.74, 6) is -0.252. The normalized spacial score (nSPS) is 12.0. The summed E-state index contributed by atoms with van der Waals surface area (Å²) in [7, 11) is 1.83. The number of carbonyl (C=O) groups excluding carboxylic acids is 1. The number of benzene rings is 1. The molecule has 0 atom stereocenters. The zero-order valence-corrected chi connectivity index (χ0v) is 12.8. The van der Waals surface area contributed by atoms with Gasteiger partial charge in [-0.15, -0.1) is 11.3 Å². The molecule has 0 saturated heterocycles. The summed E-state index contributed by atoms with van der Waals surface area (Å²) >= 11 is 1.40. The molecule has 0 saturated carbocycles. The second kappa shape index (κ2) is 6.07. The van der Waals surface area contributed by atoms with Gasteiger partial charge in [0.25, 0.3) is 5.56 Å². The Labute approximate surface area is 130 Å². The average molecular weight is 314 g/mol. The molecule has 0 aliphatic carbocycles. The van der Waals surface area contributed by atoms with Crippen LogP contribution < -0.4 is 10.4 Å². The van der Waals surface area contributed by atoms with E-state index in [0.717, 1.165) is 0 Å². The molecule has 3 rings (SSSR count). The van der Waals surface area contributed by atoms with E-state index < -0.39 is 0 Å². The second-order valence-corrected chi connectivity index (χ2v) is 5.69. The summed E-state index contributed by atoms with van der Waals surface area (Å²) in [6.45, 7) is 0.272. The molecule has 0 unspecified atom stereocenters. The van der Waals surface area contributed by atoms with Gasteiger partial charge in [-0.2, -0.15) is 4.99 Å². The molecule has 0 aliphatic heterocycles. The summed E-state index contributed by atoms with van der Waals surface area (Å²) in [6.07, 6.45) is 3.48. The number of aryl methyl sites for hydroxylation is 2. The highest BCUT2D eigenvalue weighted by molar-refractivity contribution is 7.07. The molecule has 112 valence electrons. The maximum atomic E-state index is 12.3. The van der Waals surface area contributed by atoms with Crippen LogP contribution in [-0.4, -0.2) is 20.0 Å². The van der Waals surface area contributed by atoms with Gasteiger partial charge in [-0.3, -0.25) is 14.2 Å². The Morgan fingerprint density at radius 3 is 2.95 bits per heavy atom. The summed E-state index contributed by atoms with van der Waals surface area (Å²) in [5.41, 5.74) is 0.519. The van der Waals surface area contributed by atoms with Gasteiger partial charge in [0.2, 0.25) is 5.91 Å². The lowest BCUT2D eigenvalue weighted by molar-refractivity contribution is -0.118. The molecule has 0 N–H and O–H groups in total. The van der Waals surface area contributed by atoms with Gasteiger partial charge >= 0.3 is 0 Å². The third kappa shape index (κ3) is 2.89. The van der Waals surface area contributed by atoms with E-state index in [-0.39, 0.29) is 24.4 Å². The minimum Gasteiger partial charge on any atom is -0.327 e. The molecule has 0 fully saturated rings. The number of hydrogen-bond donors (Lipinski definition) is 0. The molecule has 0 bridgehead atoms. The van der Waals surface area contributed by atoms with Gasteiger partial charge in [0.05, 0.1) is 17.2 Å². The van der Waals surface area contributed by atoms with E-state index in [1.54, 1.807) is 22.8 Å². The number of carbonyl (C=O) groups is 1. The summed E-state index contributed by atoms with van der Waals surface area (Å²) in [5, 5.41) is 2.42. The Bertz CT molecular complexity index is 952. The highest BCUT2D eigenvalue weighted by Gasteiger charge is 2.06. The van der Waals surface area contributed by atoms with Crippen molar-refractivity contribution < 1.29 is 4.79 Å². The minimum atomic E-state index is -0.252. The Morgan fingerprint density at radius 2 is 2.18 bits per heavy atom. The molecule has 22 heavy (non-hydrogen) atoms. The average Bonchev–Trinajstić information content (AvgIpc) is 2.92. The number of hydrogen-bond acceptors (Lipinski definition) is 4. The number of rotatable bonds is 3. The van der Waals surface area contributed by atoms with Crippen molar-refractivity contribution in [2.24, 2.45) is 12.0 Å². The van der Waals surface area contributed by atoms with Crippen molar-refractivity contribution >= 4 is 28.1 Å². The number of para-hydroxylation sites is 1. The monoisotopic (exact) mass is 314 g/mol. The van der Waals surface area contributed by atoms with Crippen molar-refractivity contribution in [1.29, 1.82) is 0 Å². The number of thiazole rings is 1. The first-order chi connectivity index (χ1) is 10.6. The fourth-order valence-corrected chi connectivity index (χ4v) is 2.83. The van der Waals surface area contributed by atoms with Crippen molar-refractivity contribution in [1.82, 2.24) is 14.1 Å². The highest BCUT2D eigenvalue weighted by atomic mass is 32.1. The second-order valence-electron chi connectivity index (χ2n) is 4.81. The molecular weight excluding hydrogens is 300 g/mol. The first-order valence-corrected chi connectivity index (χ1v) is 7.65. The number of amides is 1. The molecule has 0 aliphatic rings. The van der Waals surface area contributed by atoms with Gasteiger partial charge in [0.15, 0.2) is 4.80 Å². The van der Waals surface area contributed by atoms with Crippen LogP contribution in [0.2, 0.25) is 0 Å². The van der Waals surface area contributed by atoms with Gasteiger partial charge in [-0.25, -0.2) is 4.98 Å². The molecule has 1 amide bonds. The molecule has 7 heteroatoms. The van der Waals surface area contributed by atoms with Gasteiger partial charge in [0.1, 0.15) is 0 Å². The topological polar surface area (TPSA) is 69.2 Å². The van der Waals surface area contributed by atoms with Gasteiger partial charge in [-0.05, 0) is 12.1 Å². The van der Waals surface area contributed by atoms with Crippen LogP contribution in [0.15, 0.2) is 52.0 Å². The van der Waals surface area contributed by atoms with E-state index in [1.807, 2.05) is 24.7 Å². The van der Waals surface area contributed by atoms with Crippen LogP contribution >= 0.6 is 11.3 Å². The lowest BCUT2D eigenvalue weighted by Gasteiger charge is -2.04. The third-order valence-electron chi connectivity index (χ3n) is 3.28. The van der Waals surface area contributed by atoms with Crippen molar-refractivity contribution in [3.63, 3.8) is 0 Å². The van der Waals surface area contributed by atoms with E-state index >= 15 is 0 Å². The Balaban J connectivity index is 1.80. The van der Waals surface area contributed by atoms with Crippen LogP contribution in [0.25, 0.3) is 10.9 Å². The first-order valence-electron chi connectivity index (χ1n) is 6.77. The van der Waals surface area contributed by atoms with Crippen molar-refractivity contribution in [2.45, 2.75) is 13.0 Å². The third-order valence-corrected chi connectivity index (χ3v) is 4.13. The fourth-order valence-electron chi connectivity index (χ4n) is 2.08. The SMILES string of the molecule is Cn1ccsc1=NC(=O)CCn1cnc2ccccc2c1=O. The predicted octanol–water partition coefficient (Wildman–Crippen LogP) is 1.31. The molecular formula is C15H14N4O2S. The molecule has 2 aromatic heterocycles. The maximum absolute atomic E-state index is 12.3. The fraction of sp³-hybridized carbons (Fsp3) is 0.200. The minimum absolute atomic E-state index is 0.139. The van der Waals surface area contributed by atoms with Crippen LogP contribution in [0.1, 0.15) is 6.42 Å². The quantitative estimate of drug-likeness (QED) is 0.732. The molecule has 0 spiro atoms. The number of fused-ring (bicyclic) bond motifs is 1. The molecule has 1 aromatic carbocycles. The van der Waals surface area contributed by atoms with E-state index in [0.29, 0.717) is 15.7 Å². The van der Waals surface area contributed by atoms with Gasteiger partial charge in [-0.1, -0.05) is 12.1 Å². The Kier molecular flexibility index (Phi) is 3.97. The Morgan fingerprint density at radius 1 is 1.36 bits per heavy atom. The molecule has 2 heterocycles. The van der Waals surface area contributed by atoms with Gasteiger partial charge in [0, 0.05) is 31.6 Å². The lowest BCUT2D eigenvalue weighted by atomic mass is 10.2. The molecule has 3 aromatic rings. The maximum Gasteiger partial charge on any atom is 0.261 e. The Hall–Kier alpha value is -2.54. The van der Waals surface area contributed by atoms with Gasteiger partial charge < -0.3 is 4.57 Å². The number of nitrogens with zero attached hydrogens (tertiary/aromatic N) is 4. The van der Waals surface area contributed by atoms with Crippen molar-refractivity contribution in [3.05, 3.63) is 57.3 Å². The lowest BCUT2D eigenvalue weighted by Crippen LogP contribution is -2.22. The zero-order valence-electron chi connectivity index (χ0n) is 12.0. The molecule has 6 nitrogen and oxygen atoms in total. The van der Waals surface area contributed by atoms with Crippen LogP contribution in [0.5, 0.6) is 0 Å². The standard InChI is InChI=1S/C15H14N4O2S/c1-18-8-9-22-15(18)17-13(20)6-7-19-10-16-12-5-3-2-4-11(12)14(19)21/h2-5,8-10H,6-7H2,1H3. The van der Waals surface area contributed by atoms with E-state index in [9.17, 15) is 9.59 Å². The smallest absolute Gasteiger partial charge is 0.261 e. The van der Waals surface area contributed by atoms with Crippen molar-refractivity contribution in [2.75, 3.05) is 0 Å². The largest absolute Gasteiger partial charge is 0.327 e. The van der Waals surface area contributed by atoms with Crippen LogP contribution in [0.3, 0.4) is 0 Å². The summed E-state index contributed by atoms with van der Waals surface area (Å²) < 4.78 is 3.23. The molecule has 0 radical (unpaired) electrons. The summed E-state index contributed by atoms with van der Waals surface area (Å²) in [6, 6.07) is 7.16. The van der Waals surface area contributed by atoms with Crippen LogP contribution in [0.4, 0.5) is 0 Å². The van der Waals surface area contributed by atoms with E-state index in [1.165, 1.54) is 22.2 Å². The van der Waals surface area contributed by atoms with E-state index in [4.69, 9.17) is 0 Å². The zero-order chi connectivity index (χ0) is 15.5.